The summed E-state index contributed by atoms with van der Waals surface area (Å²) in [5.74, 6) is 0.180. The third-order valence-electron chi connectivity index (χ3n) is 5.00. The first kappa shape index (κ1) is 19.9. The van der Waals surface area contributed by atoms with Crippen LogP contribution in [-0.2, 0) is 9.59 Å². The van der Waals surface area contributed by atoms with Crippen LogP contribution in [0.4, 0.5) is 0 Å². The lowest BCUT2D eigenvalue weighted by Crippen LogP contribution is -2.40. The van der Waals surface area contributed by atoms with Gasteiger partial charge in [-0.05, 0) is 25.9 Å². The minimum atomic E-state index is -0.00296. The van der Waals surface area contributed by atoms with Crippen LogP contribution >= 0.6 is 0 Å². The molecule has 0 heterocycles. The maximum absolute atomic E-state index is 11.7. The van der Waals surface area contributed by atoms with Crippen molar-refractivity contribution >= 4 is 11.8 Å². The van der Waals surface area contributed by atoms with Gasteiger partial charge in [0.1, 0.15) is 0 Å². The zero-order valence-electron chi connectivity index (χ0n) is 15.8. The average molecular weight is 326 g/mol. The molecular weight excluding hydrogens is 292 g/mol. The van der Waals surface area contributed by atoms with Crippen molar-refractivity contribution in [3.8, 4) is 0 Å². The summed E-state index contributed by atoms with van der Waals surface area (Å²) in [7, 11) is 7.54. The van der Waals surface area contributed by atoms with E-state index >= 15 is 0 Å². The number of hydrogen-bond donors (Lipinski definition) is 2. The molecule has 6 heteroatoms. The highest BCUT2D eigenvalue weighted by atomic mass is 16.2. The fourth-order valence-corrected chi connectivity index (χ4v) is 3.61. The van der Waals surface area contributed by atoms with E-state index < -0.39 is 0 Å². The molecule has 0 radical (unpaired) electrons. The van der Waals surface area contributed by atoms with Gasteiger partial charge in [0.2, 0.25) is 11.8 Å². The molecule has 2 N–H and O–H groups in total. The van der Waals surface area contributed by atoms with Gasteiger partial charge in [0, 0.05) is 51.6 Å². The third kappa shape index (κ3) is 5.46. The molecule has 6 nitrogen and oxygen atoms in total. The summed E-state index contributed by atoms with van der Waals surface area (Å²) in [6.07, 6.45) is 1.14. The monoisotopic (exact) mass is 326 g/mol. The Balaban J connectivity index is 2.44. The molecule has 1 rings (SSSR count). The van der Waals surface area contributed by atoms with Crippen LogP contribution in [0.2, 0.25) is 0 Å². The topological polar surface area (TPSA) is 64.7 Å². The Labute approximate surface area is 141 Å². The van der Waals surface area contributed by atoms with Crippen molar-refractivity contribution in [1.82, 2.24) is 20.4 Å². The average Bonchev–Trinajstić information content (AvgIpc) is 3.16. The largest absolute Gasteiger partial charge is 0.359 e. The lowest BCUT2D eigenvalue weighted by molar-refractivity contribution is -0.125. The molecule has 1 aliphatic carbocycles. The first-order valence-corrected chi connectivity index (χ1v) is 8.46. The molecular formula is C17H34N4O2. The van der Waals surface area contributed by atoms with Crippen molar-refractivity contribution in [1.29, 1.82) is 0 Å². The smallest absolute Gasteiger partial charge is 0.223 e. The second kappa shape index (κ2) is 8.11. The van der Waals surface area contributed by atoms with Crippen LogP contribution in [0.5, 0.6) is 0 Å². The van der Waals surface area contributed by atoms with Crippen LogP contribution in [0.15, 0.2) is 0 Å². The molecule has 0 aromatic heterocycles. The van der Waals surface area contributed by atoms with E-state index in [0.29, 0.717) is 6.04 Å². The molecule has 0 saturated heterocycles. The number of rotatable bonds is 9. The SMILES string of the molecule is CNC(=O)C(C)CN(C)C[C@@]1(C)C[C@@H]1N(C)CC(C)C(=O)NC. The molecule has 23 heavy (non-hydrogen) atoms. The highest BCUT2D eigenvalue weighted by Crippen LogP contribution is 2.49. The Morgan fingerprint density at radius 3 is 2.04 bits per heavy atom. The molecule has 0 spiro atoms. The van der Waals surface area contributed by atoms with Crippen molar-refractivity contribution in [2.45, 2.75) is 33.2 Å². The van der Waals surface area contributed by atoms with E-state index in [1.807, 2.05) is 13.8 Å². The van der Waals surface area contributed by atoms with E-state index in [9.17, 15) is 9.59 Å². The van der Waals surface area contributed by atoms with Gasteiger partial charge in [-0.15, -0.1) is 0 Å². The highest BCUT2D eigenvalue weighted by Gasteiger charge is 2.52. The second-order valence-electron chi connectivity index (χ2n) is 7.54. The highest BCUT2D eigenvalue weighted by molar-refractivity contribution is 5.78. The Morgan fingerprint density at radius 1 is 1.09 bits per heavy atom. The maximum atomic E-state index is 11.7. The van der Waals surface area contributed by atoms with Gasteiger partial charge in [0.15, 0.2) is 0 Å². The predicted octanol–water partition coefficient (Wildman–Crippen LogP) is 0.393. The van der Waals surface area contributed by atoms with Crippen molar-refractivity contribution in [3.63, 3.8) is 0 Å². The summed E-state index contributed by atoms with van der Waals surface area (Å²) < 4.78 is 0. The fourth-order valence-electron chi connectivity index (χ4n) is 3.61. The molecule has 2 amide bonds. The molecule has 134 valence electrons. The van der Waals surface area contributed by atoms with Gasteiger partial charge in [-0.25, -0.2) is 0 Å². The van der Waals surface area contributed by atoms with E-state index in [2.05, 4.69) is 41.5 Å². The number of hydrogen-bond acceptors (Lipinski definition) is 4. The first-order chi connectivity index (χ1) is 10.6. The number of amides is 2. The van der Waals surface area contributed by atoms with Crippen molar-refractivity contribution in [2.24, 2.45) is 17.3 Å². The van der Waals surface area contributed by atoms with Gasteiger partial charge in [-0.1, -0.05) is 20.8 Å². The van der Waals surface area contributed by atoms with Crippen molar-refractivity contribution in [2.75, 3.05) is 47.8 Å². The predicted molar refractivity (Wildman–Crippen MR) is 93.1 cm³/mol. The summed E-state index contributed by atoms with van der Waals surface area (Å²) in [5, 5.41) is 5.41. The zero-order valence-corrected chi connectivity index (χ0v) is 15.8. The van der Waals surface area contributed by atoms with Gasteiger partial charge >= 0.3 is 0 Å². The lowest BCUT2D eigenvalue weighted by atomic mass is 10.1. The van der Waals surface area contributed by atoms with Crippen molar-refractivity contribution < 1.29 is 9.59 Å². The van der Waals surface area contributed by atoms with Crippen LogP contribution in [0, 0.1) is 17.3 Å². The number of nitrogens with zero attached hydrogens (tertiary/aromatic N) is 2. The molecule has 0 aliphatic heterocycles. The van der Waals surface area contributed by atoms with Gasteiger partial charge in [-0.3, -0.25) is 9.59 Å². The van der Waals surface area contributed by atoms with Crippen LogP contribution in [-0.4, -0.2) is 75.5 Å². The summed E-state index contributed by atoms with van der Waals surface area (Å²) in [5.41, 5.74) is 0.244. The third-order valence-corrected chi connectivity index (χ3v) is 5.00. The second-order valence-corrected chi connectivity index (χ2v) is 7.54. The fraction of sp³-hybridized carbons (Fsp3) is 0.882. The molecule has 4 atom stereocenters. The Kier molecular flexibility index (Phi) is 7.02. The molecule has 1 aliphatic rings. The van der Waals surface area contributed by atoms with Crippen LogP contribution in [0.3, 0.4) is 0 Å². The summed E-state index contributed by atoms with van der Waals surface area (Å²) in [6, 6.07) is 0.507. The maximum Gasteiger partial charge on any atom is 0.223 e. The summed E-state index contributed by atoms with van der Waals surface area (Å²) in [6.45, 7) is 8.72. The Morgan fingerprint density at radius 2 is 1.57 bits per heavy atom. The van der Waals surface area contributed by atoms with Crippen LogP contribution in [0.25, 0.3) is 0 Å². The quantitative estimate of drug-likeness (QED) is 0.643. The van der Waals surface area contributed by atoms with Crippen LogP contribution < -0.4 is 10.6 Å². The molecule has 1 saturated carbocycles. The number of nitrogens with one attached hydrogen (secondary N) is 2. The van der Waals surface area contributed by atoms with Gasteiger partial charge in [0.05, 0.1) is 0 Å². The standard InChI is InChI=1S/C17H34N4O2/c1-12(15(22)18-4)9-20(6)11-17(3)8-14(17)21(7)10-13(2)16(23)19-5/h12-14H,8-11H2,1-7H3,(H,18,22)(H,19,23)/t12?,13?,14-,17+/m0/s1. The first-order valence-electron chi connectivity index (χ1n) is 8.46. The van der Waals surface area contributed by atoms with Gasteiger partial charge < -0.3 is 20.4 Å². The zero-order chi connectivity index (χ0) is 17.8. The van der Waals surface area contributed by atoms with Crippen molar-refractivity contribution in [3.05, 3.63) is 0 Å². The molecule has 1 fully saturated rings. The molecule has 0 aromatic carbocycles. The van der Waals surface area contributed by atoms with E-state index in [0.717, 1.165) is 26.1 Å². The molecule has 2 unspecified atom stereocenters. The van der Waals surface area contributed by atoms with Crippen LogP contribution in [0.1, 0.15) is 27.2 Å². The molecule has 0 aromatic rings. The minimum Gasteiger partial charge on any atom is -0.359 e. The number of carbonyl (C=O) groups is 2. The van der Waals surface area contributed by atoms with E-state index in [-0.39, 0.29) is 29.1 Å². The Bertz CT molecular complexity index is 429. The number of carbonyl (C=O) groups excluding carboxylic acids is 2. The van der Waals surface area contributed by atoms with E-state index in [1.54, 1.807) is 14.1 Å². The lowest BCUT2D eigenvalue weighted by Gasteiger charge is -2.27. The van der Waals surface area contributed by atoms with E-state index in [4.69, 9.17) is 0 Å². The molecule has 0 bridgehead atoms. The van der Waals surface area contributed by atoms with Gasteiger partial charge in [0.25, 0.3) is 0 Å². The summed E-state index contributed by atoms with van der Waals surface area (Å²) in [4.78, 5) is 27.8. The Hall–Kier alpha value is -1.14. The van der Waals surface area contributed by atoms with E-state index in [1.165, 1.54) is 0 Å². The van der Waals surface area contributed by atoms with Gasteiger partial charge in [-0.2, -0.15) is 0 Å². The minimum absolute atomic E-state index is 0.000789. The summed E-state index contributed by atoms with van der Waals surface area (Å²) >= 11 is 0. The normalized spacial score (nSPS) is 26.0.